The summed E-state index contributed by atoms with van der Waals surface area (Å²) in [5.74, 6) is -1.50. The first-order valence-electron chi connectivity index (χ1n) is 13.1. The van der Waals surface area contributed by atoms with Crippen LogP contribution in [-0.4, -0.2) is 25.7 Å². The van der Waals surface area contributed by atoms with Crippen LogP contribution in [0.15, 0.2) is 91.4 Å². The van der Waals surface area contributed by atoms with E-state index in [0.29, 0.717) is 29.3 Å². The van der Waals surface area contributed by atoms with Gasteiger partial charge in [0.15, 0.2) is 17.5 Å². The number of anilines is 2. The Morgan fingerprint density at radius 1 is 1.00 bits per heavy atom. The summed E-state index contributed by atoms with van der Waals surface area (Å²) in [5.41, 5.74) is 9.37. The van der Waals surface area contributed by atoms with Crippen molar-refractivity contribution in [3.8, 4) is 16.1 Å². The Morgan fingerprint density at radius 2 is 1.83 bits per heavy atom. The van der Waals surface area contributed by atoms with Crippen LogP contribution in [0.1, 0.15) is 33.8 Å². The molecule has 0 spiro atoms. The van der Waals surface area contributed by atoms with Gasteiger partial charge in [0.1, 0.15) is 17.7 Å². The number of hydrogen-bond acceptors (Lipinski definition) is 7. The van der Waals surface area contributed by atoms with Crippen LogP contribution in [0.5, 0.6) is 0 Å². The standard InChI is InChI=1S/C31H25F2N7OS/c1-18(19-7-10-25(32)26(33)14-19)38-31(41)24-16-40(21-5-3-2-4-6-21)39-30(24)35-15-22-9-12-28(42-22)20-8-11-27-23(13-20)29(34)37-17-36-27/h2-14,16-18H,15H2,1H3,(H,35,39)(H,38,41)(H2,34,36,37)/t18-/m0/s1. The topological polar surface area (TPSA) is 111 Å². The summed E-state index contributed by atoms with van der Waals surface area (Å²) in [7, 11) is 0. The monoisotopic (exact) mass is 581 g/mol. The van der Waals surface area contributed by atoms with Gasteiger partial charge in [0.2, 0.25) is 0 Å². The van der Waals surface area contributed by atoms with E-state index in [1.807, 2.05) is 60.7 Å². The first kappa shape index (κ1) is 27.0. The molecule has 3 heterocycles. The molecule has 0 radical (unpaired) electrons. The lowest BCUT2D eigenvalue weighted by molar-refractivity contribution is 0.0940. The Kier molecular flexibility index (Phi) is 7.32. The Bertz CT molecular complexity index is 1900. The number of nitrogens with one attached hydrogen (secondary N) is 2. The van der Waals surface area contributed by atoms with Crippen molar-refractivity contribution in [2.24, 2.45) is 0 Å². The van der Waals surface area contributed by atoms with E-state index < -0.39 is 23.6 Å². The number of nitrogens with two attached hydrogens (primary N) is 1. The number of rotatable bonds is 8. The normalized spacial score (nSPS) is 11.9. The number of halogens is 2. The van der Waals surface area contributed by atoms with Crippen molar-refractivity contribution in [3.05, 3.63) is 119 Å². The molecule has 0 bridgehead atoms. The zero-order valence-corrected chi connectivity index (χ0v) is 23.2. The van der Waals surface area contributed by atoms with Crippen LogP contribution < -0.4 is 16.4 Å². The summed E-state index contributed by atoms with van der Waals surface area (Å²) in [6, 6.07) is 22.4. The Balaban J connectivity index is 1.23. The fourth-order valence-electron chi connectivity index (χ4n) is 4.55. The van der Waals surface area contributed by atoms with Crippen molar-refractivity contribution >= 4 is 39.8 Å². The van der Waals surface area contributed by atoms with E-state index in [1.54, 1.807) is 29.1 Å². The molecule has 0 unspecified atom stereocenters. The van der Waals surface area contributed by atoms with Gasteiger partial charge in [-0.15, -0.1) is 16.4 Å². The quantitative estimate of drug-likeness (QED) is 0.189. The maximum absolute atomic E-state index is 13.8. The molecule has 0 saturated heterocycles. The minimum absolute atomic E-state index is 0.315. The Hall–Kier alpha value is -5.16. The number of benzene rings is 3. The lowest BCUT2D eigenvalue weighted by atomic mass is 10.1. The van der Waals surface area contributed by atoms with E-state index in [1.165, 1.54) is 12.4 Å². The summed E-state index contributed by atoms with van der Waals surface area (Å²) in [4.78, 5) is 23.8. The van der Waals surface area contributed by atoms with Gasteiger partial charge in [0.05, 0.1) is 23.8 Å². The predicted octanol–water partition coefficient (Wildman–Crippen LogP) is 6.51. The maximum Gasteiger partial charge on any atom is 0.257 e. The van der Waals surface area contributed by atoms with Crippen molar-refractivity contribution in [1.82, 2.24) is 25.1 Å². The fraction of sp³-hybridized carbons (Fsp3) is 0.0968. The smallest absolute Gasteiger partial charge is 0.257 e. The number of para-hydroxylation sites is 1. The van der Waals surface area contributed by atoms with Crippen LogP contribution >= 0.6 is 11.3 Å². The molecule has 6 aromatic rings. The summed E-state index contributed by atoms with van der Waals surface area (Å²) >= 11 is 1.60. The average molecular weight is 582 g/mol. The summed E-state index contributed by atoms with van der Waals surface area (Å²) in [6.07, 6.45) is 3.09. The second-order valence-electron chi connectivity index (χ2n) is 9.65. The maximum atomic E-state index is 13.8. The average Bonchev–Trinajstić information content (AvgIpc) is 3.66. The van der Waals surface area contributed by atoms with Gasteiger partial charge in [-0.05, 0) is 66.6 Å². The zero-order chi connectivity index (χ0) is 29.2. The highest BCUT2D eigenvalue weighted by Crippen LogP contribution is 2.32. The van der Waals surface area contributed by atoms with E-state index >= 15 is 0 Å². The molecule has 42 heavy (non-hydrogen) atoms. The first-order chi connectivity index (χ1) is 20.4. The van der Waals surface area contributed by atoms with Crippen LogP contribution in [-0.2, 0) is 6.54 Å². The fourth-order valence-corrected chi connectivity index (χ4v) is 5.50. The molecule has 11 heteroatoms. The molecule has 0 aliphatic heterocycles. The minimum Gasteiger partial charge on any atom is -0.383 e. The molecule has 1 amide bonds. The molecule has 0 fully saturated rings. The van der Waals surface area contributed by atoms with Crippen LogP contribution in [0.3, 0.4) is 0 Å². The van der Waals surface area contributed by atoms with Gasteiger partial charge in [-0.2, -0.15) is 0 Å². The summed E-state index contributed by atoms with van der Waals surface area (Å²) < 4.78 is 28.8. The molecule has 0 saturated carbocycles. The van der Waals surface area contributed by atoms with Gasteiger partial charge in [-0.1, -0.05) is 30.3 Å². The number of nitrogen functional groups attached to an aromatic ring is 1. The second kappa shape index (κ2) is 11.4. The van der Waals surface area contributed by atoms with Crippen LogP contribution in [0.2, 0.25) is 0 Å². The van der Waals surface area contributed by atoms with Crippen molar-refractivity contribution in [2.75, 3.05) is 11.1 Å². The van der Waals surface area contributed by atoms with Crippen molar-refractivity contribution in [2.45, 2.75) is 19.5 Å². The van der Waals surface area contributed by atoms with Gasteiger partial charge in [0.25, 0.3) is 5.91 Å². The van der Waals surface area contributed by atoms with Crippen molar-refractivity contribution in [1.29, 1.82) is 0 Å². The van der Waals surface area contributed by atoms with E-state index in [-0.39, 0.29) is 0 Å². The van der Waals surface area contributed by atoms with E-state index in [4.69, 9.17) is 5.73 Å². The molecule has 4 N–H and O–H groups in total. The Labute approximate surface area is 243 Å². The summed E-state index contributed by atoms with van der Waals surface area (Å²) in [6.45, 7) is 2.13. The molecule has 210 valence electrons. The van der Waals surface area contributed by atoms with Crippen molar-refractivity contribution in [3.63, 3.8) is 0 Å². The van der Waals surface area contributed by atoms with Crippen LogP contribution in [0.4, 0.5) is 20.4 Å². The summed E-state index contributed by atoms with van der Waals surface area (Å²) in [5, 5.41) is 11.6. The third-order valence-electron chi connectivity index (χ3n) is 6.81. The zero-order valence-electron chi connectivity index (χ0n) is 22.4. The molecule has 6 rings (SSSR count). The van der Waals surface area contributed by atoms with Crippen molar-refractivity contribution < 1.29 is 13.6 Å². The largest absolute Gasteiger partial charge is 0.383 e. The molecule has 8 nitrogen and oxygen atoms in total. The molecule has 3 aromatic heterocycles. The minimum atomic E-state index is -0.969. The number of thiophene rings is 1. The van der Waals surface area contributed by atoms with Gasteiger partial charge < -0.3 is 16.4 Å². The molecule has 0 aliphatic carbocycles. The molecular formula is C31H25F2N7OS. The third kappa shape index (κ3) is 5.54. The number of fused-ring (bicyclic) bond motifs is 1. The van der Waals surface area contributed by atoms with E-state index in [9.17, 15) is 13.6 Å². The van der Waals surface area contributed by atoms with Gasteiger partial charge in [0, 0.05) is 21.3 Å². The molecule has 0 aliphatic rings. The SMILES string of the molecule is C[C@H](NC(=O)c1cn(-c2ccccc2)nc1NCc1ccc(-c2ccc3ncnc(N)c3c2)s1)c1ccc(F)c(F)c1. The number of carbonyl (C=O) groups is 1. The number of amides is 1. The van der Waals surface area contributed by atoms with Gasteiger partial charge in [-0.3, -0.25) is 4.79 Å². The van der Waals surface area contributed by atoms with Gasteiger partial charge in [-0.25, -0.2) is 23.4 Å². The number of carbonyl (C=O) groups excluding carboxylic acids is 1. The van der Waals surface area contributed by atoms with E-state index in [0.717, 1.165) is 44.0 Å². The first-order valence-corrected chi connectivity index (χ1v) is 13.9. The highest BCUT2D eigenvalue weighted by Gasteiger charge is 2.20. The lowest BCUT2D eigenvalue weighted by Crippen LogP contribution is -2.27. The highest BCUT2D eigenvalue weighted by atomic mass is 32.1. The molecule has 1 atom stereocenters. The number of nitrogens with zero attached hydrogens (tertiary/aromatic N) is 4. The molecule has 3 aromatic carbocycles. The van der Waals surface area contributed by atoms with Gasteiger partial charge >= 0.3 is 0 Å². The number of hydrogen-bond donors (Lipinski definition) is 3. The highest BCUT2D eigenvalue weighted by molar-refractivity contribution is 7.15. The predicted molar refractivity (Wildman–Crippen MR) is 160 cm³/mol. The van der Waals surface area contributed by atoms with Crippen LogP contribution in [0.25, 0.3) is 27.0 Å². The van der Waals surface area contributed by atoms with Crippen LogP contribution in [0, 0.1) is 11.6 Å². The number of aromatic nitrogens is 4. The second-order valence-corrected chi connectivity index (χ2v) is 10.8. The van der Waals surface area contributed by atoms with E-state index in [2.05, 4.69) is 25.7 Å². The third-order valence-corrected chi connectivity index (χ3v) is 7.95. The lowest BCUT2D eigenvalue weighted by Gasteiger charge is -2.14. The molecular weight excluding hydrogens is 556 g/mol. The Morgan fingerprint density at radius 3 is 2.64 bits per heavy atom.